The maximum atomic E-state index is 13.6. The van der Waals surface area contributed by atoms with Crippen molar-refractivity contribution in [1.82, 2.24) is 0 Å². The van der Waals surface area contributed by atoms with Crippen LogP contribution in [-0.2, 0) is 14.8 Å². The summed E-state index contributed by atoms with van der Waals surface area (Å²) in [5, 5.41) is 2.77. The molecule has 3 aromatic carbocycles. The van der Waals surface area contributed by atoms with Crippen molar-refractivity contribution in [1.29, 1.82) is 0 Å². The Kier molecular flexibility index (Phi) is 6.74. The van der Waals surface area contributed by atoms with Gasteiger partial charge >= 0.3 is 0 Å². The van der Waals surface area contributed by atoms with Gasteiger partial charge in [0.25, 0.3) is 15.9 Å². The van der Waals surface area contributed by atoms with Gasteiger partial charge in [-0.25, -0.2) is 8.42 Å². The predicted molar refractivity (Wildman–Crippen MR) is 131 cm³/mol. The number of hydrogen-bond donors (Lipinski definition) is 1. The van der Waals surface area contributed by atoms with E-state index in [9.17, 15) is 13.2 Å². The van der Waals surface area contributed by atoms with Crippen LogP contribution >= 0.6 is 0 Å². The molecule has 0 saturated heterocycles. The summed E-state index contributed by atoms with van der Waals surface area (Å²) in [6.07, 6.45) is -1.12. The Morgan fingerprint density at radius 1 is 0.943 bits per heavy atom. The SMILES string of the molecule is COc1ccc(S(=O)(=O)N2C[C@@H](C(=O)Nc3cc(OC)ccc3OC)Oc3cc(C)ccc32)cc1. The minimum atomic E-state index is -4.00. The van der Waals surface area contributed by atoms with E-state index in [0.29, 0.717) is 34.4 Å². The van der Waals surface area contributed by atoms with Crippen LogP contribution in [0.4, 0.5) is 11.4 Å². The molecular weight excluding hydrogens is 472 g/mol. The zero-order valence-electron chi connectivity index (χ0n) is 19.8. The summed E-state index contributed by atoms with van der Waals surface area (Å²) in [6, 6.07) is 16.2. The van der Waals surface area contributed by atoms with E-state index in [1.54, 1.807) is 48.5 Å². The summed E-state index contributed by atoms with van der Waals surface area (Å²) in [5.74, 6) is 1.25. The number of nitrogens with one attached hydrogen (secondary N) is 1. The van der Waals surface area contributed by atoms with E-state index in [1.807, 2.05) is 6.92 Å². The first kappa shape index (κ1) is 24.2. The molecule has 184 valence electrons. The topological polar surface area (TPSA) is 103 Å². The van der Waals surface area contributed by atoms with Gasteiger partial charge in [0.1, 0.15) is 23.0 Å². The van der Waals surface area contributed by atoms with Crippen molar-refractivity contribution in [3.05, 3.63) is 66.2 Å². The van der Waals surface area contributed by atoms with Crippen LogP contribution in [0, 0.1) is 6.92 Å². The highest BCUT2D eigenvalue weighted by Gasteiger charge is 2.38. The minimum absolute atomic E-state index is 0.0698. The lowest BCUT2D eigenvalue weighted by atomic mass is 10.1. The van der Waals surface area contributed by atoms with Gasteiger partial charge < -0.3 is 24.3 Å². The normalized spacial score (nSPS) is 15.0. The fraction of sp³-hybridized carbons (Fsp3) is 0.240. The number of anilines is 2. The lowest BCUT2D eigenvalue weighted by Gasteiger charge is -2.35. The molecule has 1 aliphatic heterocycles. The number of carbonyl (C=O) groups excluding carboxylic acids is 1. The van der Waals surface area contributed by atoms with Gasteiger partial charge in [-0.2, -0.15) is 0 Å². The van der Waals surface area contributed by atoms with Crippen LogP contribution in [-0.4, -0.2) is 48.3 Å². The first-order valence-electron chi connectivity index (χ1n) is 10.7. The number of fused-ring (bicyclic) bond motifs is 1. The van der Waals surface area contributed by atoms with Crippen molar-refractivity contribution in [2.24, 2.45) is 0 Å². The maximum Gasteiger partial charge on any atom is 0.267 e. The first-order valence-corrected chi connectivity index (χ1v) is 12.2. The van der Waals surface area contributed by atoms with Crippen LogP contribution in [0.1, 0.15) is 5.56 Å². The number of ether oxygens (including phenoxy) is 4. The minimum Gasteiger partial charge on any atom is -0.497 e. The lowest BCUT2D eigenvalue weighted by molar-refractivity contribution is -0.122. The number of benzene rings is 3. The second-order valence-electron chi connectivity index (χ2n) is 7.84. The average molecular weight is 499 g/mol. The number of methoxy groups -OCH3 is 3. The van der Waals surface area contributed by atoms with Gasteiger partial charge in [0.05, 0.1) is 44.1 Å². The van der Waals surface area contributed by atoms with Crippen LogP contribution in [0.2, 0.25) is 0 Å². The summed E-state index contributed by atoms with van der Waals surface area (Å²) in [4.78, 5) is 13.3. The second kappa shape index (κ2) is 9.75. The Bertz CT molecular complexity index is 1340. The lowest BCUT2D eigenvalue weighted by Crippen LogP contribution is -2.48. The number of sulfonamides is 1. The Morgan fingerprint density at radius 3 is 2.29 bits per heavy atom. The fourth-order valence-electron chi connectivity index (χ4n) is 3.73. The van der Waals surface area contributed by atoms with Crippen molar-refractivity contribution in [3.8, 4) is 23.0 Å². The zero-order chi connectivity index (χ0) is 25.2. The zero-order valence-corrected chi connectivity index (χ0v) is 20.6. The Labute approximate surface area is 204 Å². The van der Waals surface area contributed by atoms with Crippen LogP contribution < -0.4 is 28.6 Å². The van der Waals surface area contributed by atoms with Gasteiger partial charge in [0.15, 0.2) is 6.10 Å². The van der Waals surface area contributed by atoms with Gasteiger partial charge in [-0.05, 0) is 61.0 Å². The summed E-state index contributed by atoms with van der Waals surface area (Å²) in [6.45, 7) is 1.64. The molecule has 1 N–H and O–H groups in total. The quantitative estimate of drug-likeness (QED) is 0.531. The van der Waals surface area contributed by atoms with E-state index in [4.69, 9.17) is 18.9 Å². The van der Waals surface area contributed by atoms with E-state index in [-0.39, 0.29) is 11.4 Å². The molecule has 0 saturated carbocycles. The highest BCUT2D eigenvalue weighted by atomic mass is 32.2. The van der Waals surface area contributed by atoms with E-state index in [0.717, 1.165) is 5.56 Å². The molecule has 10 heteroatoms. The number of hydrogen-bond acceptors (Lipinski definition) is 7. The summed E-state index contributed by atoms with van der Waals surface area (Å²) in [5.41, 5.74) is 1.59. The van der Waals surface area contributed by atoms with Gasteiger partial charge in [0, 0.05) is 6.07 Å². The van der Waals surface area contributed by atoms with Crippen LogP contribution in [0.15, 0.2) is 65.6 Å². The molecule has 3 aromatic rings. The van der Waals surface area contributed by atoms with Crippen molar-refractivity contribution in [2.75, 3.05) is 37.5 Å². The number of nitrogens with zero attached hydrogens (tertiary/aromatic N) is 1. The highest BCUT2D eigenvalue weighted by Crippen LogP contribution is 2.38. The standard InChI is InChI=1S/C25H26N2O7S/c1-16-5-11-21-23(13-16)34-24(25(28)26-20-14-18(32-3)8-12-22(20)33-4)15-27(21)35(29,30)19-9-6-17(31-2)7-10-19/h5-14,24H,15H2,1-4H3,(H,26,28)/t24-/m0/s1. The first-order chi connectivity index (χ1) is 16.8. The third-order valence-electron chi connectivity index (χ3n) is 5.59. The molecule has 4 rings (SSSR count). The third-order valence-corrected chi connectivity index (χ3v) is 7.38. The third kappa shape index (κ3) is 4.83. The summed E-state index contributed by atoms with van der Waals surface area (Å²) >= 11 is 0. The molecule has 1 heterocycles. The van der Waals surface area contributed by atoms with Crippen LogP contribution in [0.3, 0.4) is 0 Å². The Hall–Kier alpha value is -3.92. The smallest absolute Gasteiger partial charge is 0.267 e. The summed E-state index contributed by atoms with van der Waals surface area (Å²) < 4.78 is 50.1. The number of aryl methyl sites for hydroxylation is 1. The van der Waals surface area contributed by atoms with Gasteiger partial charge in [-0.15, -0.1) is 0 Å². The molecule has 0 fully saturated rings. The molecule has 1 atom stereocenters. The van der Waals surface area contributed by atoms with Gasteiger partial charge in [-0.3, -0.25) is 9.10 Å². The van der Waals surface area contributed by atoms with Gasteiger partial charge in [-0.1, -0.05) is 6.07 Å². The summed E-state index contributed by atoms with van der Waals surface area (Å²) in [7, 11) is 0.497. The monoisotopic (exact) mass is 498 g/mol. The van der Waals surface area contributed by atoms with Crippen LogP contribution in [0.5, 0.6) is 23.0 Å². The molecule has 9 nitrogen and oxygen atoms in total. The van der Waals surface area contributed by atoms with Crippen molar-refractivity contribution in [2.45, 2.75) is 17.9 Å². The molecule has 1 aliphatic rings. The molecule has 0 aliphatic carbocycles. The van der Waals surface area contributed by atoms with E-state index in [1.165, 1.54) is 37.8 Å². The molecule has 1 amide bonds. The number of rotatable bonds is 7. The predicted octanol–water partition coefficient (Wildman–Crippen LogP) is 3.62. The number of amides is 1. The van der Waals surface area contributed by atoms with Crippen molar-refractivity contribution < 1.29 is 32.2 Å². The number of carbonyl (C=O) groups is 1. The largest absolute Gasteiger partial charge is 0.497 e. The van der Waals surface area contributed by atoms with E-state index in [2.05, 4.69) is 5.32 Å². The highest BCUT2D eigenvalue weighted by molar-refractivity contribution is 7.92. The molecule has 0 aromatic heterocycles. The van der Waals surface area contributed by atoms with E-state index < -0.39 is 22.0 Å². The average Bonchev–Trinajstić information content (AvgIpc) is 2.87. The maximum absolute atomic E-state index is 13.6. The second-order valence-corrected chi connectivity index (χ2v) is 9.71. The van der Waals surface area contributed by atoms with Gasteiger partial charge in [0.2, 0.25) is 0 Å². The molecular formula is C25H26N2O7S. The Morgan fingerprint density at radius 2 is 1.63 bits per heavy atom. The molecule has 0 spiro atoms. The van der Waals surface area contributed by atoms with Crippen LogP contribution in [0.25, 0.3) is 0 Å². The van der Waals surface area contributed by atoms with E-state index >= 15 is 0 Å². The molecule has 0 unspecified atom stereocenters. The van der Waals surface area contributed by atoms with Crippen molar-refractivity contribution in [3.63, 3.8) is 0 Å². The van der Waals surface area contributed by atoms with Crippen molar-refractivity contribution >= 4 is 27.3 Å². The molecule has 35 heavy (non-hydrogen) atoms. The fourth-order valence-corrected chi connectivity index (χ4v) is 5.20. The Balaban J connectivity index is 1.69. The molecule has 0 radical (unpaired) electrons. The molecule has 0 bridgehead atoms.